The van der Waals surface area contributed by atoms with Gasteiger partial charge in [-0.2, -0.15) is 0 Å². The van der Waals surface area contributed by atoms with E-state index in [0.29, 0.717) is 5.75 Å². The Hall–Kier alpha value is -2.98. The summed E-state index contributed by atoms with van der Waals surface area (Å²) in [6.07, 6.45) is -0.943. The first kappa shape index (κ1) is 18.4. The Bertz CT molecular complexity index is 853. The molecule has 132 valence electrons. The van der Waals surface area contributed by atoms with Gasteiger partial charge >= 0.3 is 0 Å². The number of nitrogens with zero attached hydrogens (tertiary/aromatic N) is 1. The maximum Gasteiger partial charge on any atom is 0.275 e. The van der Waals surface area contributed by atoms with Crippen molar-refractivity contribution in [1.82, 2.24) is 10.3 Å². The van der Waals surface area contributed by atoms with Crippen LogP contribution in [0.4, 0.5) is 5.69 Å². The van der Waals surface area contributed by atoms with Gasteiger partial charge in [0.2, 0.25) is 0 Å². The van der Waals surface area contributed by atoms with Gasteiger partial charge in [0.25, 0.3) is 21.6 Å². The molecule has 0 fully saturated rings. The van der Waals surface area contributed by atoms with E-state index in [1.54, 1.807) is 30.3 Å². The summed E-state index contributed by atoms with van der Waals surface area (Å²) in [5, 5.41) is 10.6. The number of carbonyl (C=O) groups excluding carboxylic acids is 1. The quantitative estimate of drug-likeness (QED) is 0.563. The van der Waals surface area contributed by atoms with Crippen LogP contribution < -0.4 is 15.0 Å². The fraction of sp³-hybridized carbons (Fsp3) is 0.133. The molecule has 2 aromatic carbocycles. The van der Waals surface area contributed by atoms with E-state index in [0.717, 1.165) is 24.3 Å². The second-order valence-electron chi connectivity index (χ2n) is 4.92. The van der Waals surface area contributed by atoms with E-state index < -0.39 is 27.0 Å². The molecule has 1 atom stereocenters. The van der Waals surface area contributed by atoms with Gasteiger partial charge in [0, 0.05) is 12.1 Å². The number of hydrogen-bond acceptors (Lipinski definition) is 6. The Morgan fingerprint density at radius 1 is 1.12 bits per heavy atom. The predicted molar refractivity (Wildman–Crippen MR) is 88.1 cm³/mol. The number of benzene rings is 2. The van der Waals surface area contributed by atoms with Crippen LogP contribution in [-0.4, -0.2) is 25.4 Å². The minimum atomic E-state index is -4.06. The van der Waals surface area contributed by atoms with Crippen molar-refractivity contribution in [1.29, 1.82) is 0 Å². The number of sulfonamides is 1. The molecular weight excluding hydrogens is 350 g/mol. The third-order valence-electron chi connectivity index (χ3n) is 3.09. The van der Waals surface area contributed by atoms with E-state index in [2.05, 4.69) is 0 Å². The largest absolute Gasteiger partial charge is 0.481 e. The fourth-order valence-electron chi connectivity index (χ4n) is 1.78. The smallest absolute Gasteiger partial charge is 0.275 e. The number of hydrogen-bond donors (Lipinski definition) is 2. The minimum Gasteiger partial charge on any atom is -0.481 e. The number of nitro groups is 1. The van der Waals surface area contributed by atoms with Crippen molar-refractivity contribution in [2.45, 2.75) is 17.9 Å². The number of rotatable bonds is 7. The van der Waals surface area contributed by atoms with Gasteiger partial charge < -0.3 is 4.74 Å². The lowest BCUT2D eigenvalue weighted by Crippen LogP contribution is -2.47. The van der Waals surface area contributed by atoms with Crippen molar-refractivity contribution in [3.05, 3.63) is 64.7 Å². The molecule has 0 aromatic heterocycles. The van der Waals surface area contributed by atoms with Gasteiger partial charge in [-0.15, -0.1) is 4.83 Å². The number of nitro benzene ring substituents is 1. The minimum absolute atomic E-state index is 0.227. The van der Waals surface area contributed by atoms with Gasteiger partial charge in [-0.3, -0.25) is 20.3 Å². The Kier molecular flexibility index (Phi) is 5.67. The molecule has 2 rings (SSSR count). The second kappa shape index (κ2) is 7.73. The normalized spacial score (nSPS) is 12.2. The third kappa shape index (κ3) is 4.99. The van der Waals surface area contributed by atoms with Crippen LogP contribution in [0.5, 0.6) is 5.75 Å². The molecule has 0 radical (unpaired) electrons. The van der Waals surface area contributed by atoms with Gasteiger partial charge in [-0.1, -0.05) is 18.2 Å². The highest BCUT2D eigenvalue weighted by atomic mass is 32.2. The standard InChI is InChI=1S/C15H15N3O6S/c1-11(24-13-5-3-2-4-6-13)15(19)16-17-25(22,23)14-9-7-12(8-10-14)18(20)21/h2-11,17H,1H3,(H,16,19)/t11-/m0/s1. The Morgan fingerprint density at radius 3 is 2.28 bits per heavy atom. The van der Waals surface area contributed by atoms with E-state index in [4.69, 9.17) is 4.74 Å². The molecule has 0 aliphatic heterocycles. The van der Waals surface area contributed by atoms with Gasteiger partial charge in [0.15, 0.2) is 6.10 Å². The van der Waals surface area contributed by atoms with Gasteiger partial charge in [-0.05, 0) is 31.2 Å². The molecule has 0 saturated heterocycles. The zero-order valence-corrected chi connectivity index (χ0v) is 13.9. The number of non-ortho nitro benzene ring substituents is 1. The Labute approximate surface area is 143 Å². The summed E-state index contributed by atoms with van der Waals surface area (Å²) in [6, 6.07) is 12.8. The maximum atomic E-state index is 12.1. The van der Waals surface area contributed by atoms with Crippen LogP contribution in [0.1, 0.15) is 6.92 Å². The lowest BCUT2D eigenvalue weighted by molar-refractivity contribution is -0.384. The first-order valence-corrected chi connectivity index (χ1v) is 8.56. The number of hydrazine groups is 1. The molecule has 1 amide bonds. The highest BCUT2D eigenvalue weighted by Gasteiger charge is 2.20. The van der Waals surface area contributed by atoms with Crippen LogP contribution in [0, 0.1) is 10.1 Å². The molecule has 25 heavy (non-hydrogen) atoms. The van der Waals surface area contributed by atoms with E-state index in [1.165, 1.54) is 6.92 Å². The molecule has 0 unspecified atom stereocenters. The molecule has 2 aromatic rings. The molecule has 10 heteroatoms. The van der Waals surface area contributed by atoms with Crippen LogP contribution in [-0.2, 0) is 14.8 Å². The molecule has 0 aliphatic rings. The Morgan fingerprint density at radius 2 is 1.72 bits per heavy atom. The van der Waals surface area contributed by atoms with Crippen LogP contribution in [0.2, 0.25) is 0 Å². The van der Waals surface area contributed by atoms with Gasteiger partial charge in [0.05, 0.1) is 9.82 Å². The van der Waals surface area contributed by atoms with E-state index >= 15 is 0 Å². The van der Waals surface area contributed by atoms with Crippen LogP contribution >= 0.6 is 0 Å². The average molecular weight is 365 g/mol. The lowest BCUT2D eigenvalue weighted by atomic mass is 10.3. The molecular formula is C15H15N3O6S. The van der Waals surface area contributed by atoms with E-state index in [-0.39, 0.29) is 10.6 Å². The zero-order chi connectivity index (χ0) is 18.4. The summed E-state index contributed by atoms with van der Waals surface area (Å²) >= 11 is 0. The average Bonchev–Trinajstić information content (AvgIpc) is 2.60. The van der Waals surface area contributed by atoms with Gasteiger partial charge in [-0.25, -0.2) is 8.42 Å². The van der Waals surface area contributed by atoms with Crippen LogP contribution in [0.3, 0.4) is 0 Å². The summed E-state index contributed by atoms with van der Waals surface area (Å²) in [6.45, 7) is 1.46. The third-order valence-corrected chi connectivity index (χ3v) is 4.36. The molecule has 0 saturated carbocycles. The van der Waals surface area contributed by atoms with Crippen LogP contribution in [0.25, 0.3) is 0 Å². The predicted octanol–water partition coefficient (Wildman–Crippen LogP) is 1.37. The summed E-state index contributed by atoms with van der Waals surface area (Å²) in [5.74, 6) is -0.238. The molecule has 2 N–H and O–H groups in total. The number of amides is 1. The number of para-hydroxylation sites is 1. The Balaban J connectivity index is 1.96. The monoisotopic (exact) mass is 365 g/mol. The fourth-order valence-corrected chi connectivity index (χ4v) is 2.63. The molecule has 0 bridgehead atoms. The number of carbonyl (C=O) groups is 1. The maximum absolute atomic E-state index is 12.1. The first-order valence-electron chi connectivity index (χ1n) is 7.07. The molecule has 0 aliphatic carbocycles. The molecule has 0 heterocycles. The van der Waals surface area contributed by atoms with Crippen molar-refractivity contribution in [2.24, 2.45) is 0 Å². The van der Waals surface area contributed by atoms with E-state index in [1.807, 2.05) is 10.3 Å². The van der Waals surface area contributed by atoms with Crippen molar-refractivity contribution < 1.29 is 22.9 Å². The SMILES string of the molecule is C[C@H](Oc1ccccc1)C(=O)NNS(=O)(=O)c1ccc([N+](=O)[O-])cc1. The highest BCUT2D eigenvalue weighted by Crippen LogP contribution is 2.15. The molecule has 9 nitrogen and oxygen atoms in total. The van der Waals surface area contributed by atoms with Crippen molar-refractivity contribution in [2.75, 3.05) is 0 Å². The summed E-state index contributed by atoms with van der Waals surface area (Å²) in [4.78, 5) is 23.5. The molecule has 0 spiro atoms. The number of ether oxygens (including phenoxy) is 1. The first-order chi connectivity index (χ1) is 11.8. The number of nitrogens with one attached hydrogen (secondary N) is 2. The van der Waals surface area contributed by atoms with Crippen molar-refractivity contribution >= 4 is 21.6 Å². The van der Waals surface area contributed by atoms with Crippen LogP contribution in [0.15, 0.2) is 59.5 Å². The topological polar surface area (TPSA) is 128 Å². The summed E-state index contributed by atoms with van der Waals surface area (Å²) in [7, 11) is -4.06. The summed E-state index contributed by atoms with van der Waals surface area (Å²) in [5.41, 5.74) is 1.80. The van der Waals surface area contributed by atoms with Crippen molar-refractivity contribution in [3.63, 3.8) is 0 Å². The van der Waals surface area contributed by atoms with Gasteiger partial charge in [0.1, 0.15) is 5.75 Å². The van der Waals surface area contributed by atoms with Crippen molar-refractivity contribution in [3.8, 4) is 5.75 Å². The summed E-state index contributed by atoms with van der Waals surface area (Å²) < 4.78 is 29.5. The highest BCUT2D eigenvalue weighted by molar-refractivity contribution is 7.89. The second-order valence-corrected chi connectivity index (χ2v) is 6.60. The zero-order valence-electron chi connectivity index (χ0n) is 13.1. The lowest BCUT2D eigenvalue weighted by Gasteiger charge is -2.15. The van der Waals surface area contributed by atoms with E-state index in [9.17, 15) is 23.3 Å².